The maximum atomic E-state index is 10.4. The fraction of sp³-hybridized carbons (Fsp3) is 0.571. The van der Waals surface area contributed by atoms with Crippen molar-refractivity contribution in [3.05, 3.63) is 11.6 Å². The van der Waals surface area contributed by atoms with Crippen LogP contribution in [0.2, 0.25) is 0 Å². The van der Waals surface area contributed by atoms with Crippen LogP contribution in [0.4, 0.5) is 0 Å². The van der Waals surface area contributed by atoms with Gasteiger partial charge in [-0.3, -0.25) is 4.79 Å². The molecule has 0 spiro atoms. The Morgan fingerprint density at radius 2 is 2.20 bits per heavy atom. The molecule has 58 valence electrons. The maximum Gasteiger partial charge on any atom is 0.244 e. The third-order valence-corrected chi connectivity index (χ3v) is 1.18. The first-order chi connectivity index (χ1) is 4.54. The minimum Gasteiger partial charge on any atom is -0.366 e. The third kappa shape index (κ3) is 4.09. The van der Waals surface area contributed by atoms with Gasteiger partial charge >= 0.3 is 0 Å². The van der Waals surface area contributed by atoms with Crippen molar-refractivity contribution < 1.29 is 4.79 Å². The molecule has 0 aliphatic rings. The molecule has 3 nitrogen and oxygen atoms in total. The molecule has 0 aromatic heterocycles. The van der Waals surface area contributed by atoms with Crippen molar-refractivity contribution in [3.8, 4) is 0 Å². The Morgan fingerprint density at radius 1 is 1.70 bits per heavy atom. The quantitative estimate of drug-likeness (QED) is 0.551. The van der Waals surface area contributed by atoms with Crippen LogP contribution in [0.15, 0.2) is 11.6 Å². The number of hydrogen-bond acceptors (Lipinski definition) is 2. The molecule has 3 heteroatoms. The summed E-state index contributed by atoms with van der Waals surface area (Å²) < 4.78 is 0. The monoisotopic (exact) mass is 142 g/mol. The van der Waals surface area contributed by atoms with E-state index in [9.17, 15) is 4.79 Å². The topological polar surface area (TPSA) is 69.1 Å². The van der Waals surface area contributed by atoms with E-state index in [-0.39, 0.29) is 11.9 Å². The van der Waals surface area contributed by atoms with Crippen molar-refractivity contribution in [3.63, 3.8) is 0 Å². The van der Waals surface area contributed by atoms with Gasteiger partial charge in [0.2, 0.25) is 5.91 Å². The highest BCUT2D eigenvalue weighted by atomic mass is 16.1. The van der Waals surface area contributed by atoms with Crippen LogP contribution < -0.4 is 11.5 Å². The van der Waals surface area contributed by atoms with Gasteiger partial charge in [0.05, 0.1) is 0 Å². The second-order valence-corrected chi connectivity index (χ2v) is 2.46. The van der Waals surface area contributed by atoms with Crippen LogP contribution >= 0.6 is 0 Å². The van der Waals surface area contributed by atoms with Gasteiger partial charge in [-0.05, 0) is 20.3 Å². The van der Waals surface area contributed by atoms with Crippen molar-refractivity contribution in [2.45, 2.75) is 26.3 Å². The average Bonchev–Trinajstić information content (AvgIpc) is 1.82. The number of carbonyl (C=O) groups is 1. The van der Waals surface area contributed by atoms with Crippen molar-refractivity contribution in [1.29, 1.82) is 0 Å². The van der Waals surface area contributed by atoms with Gasteiger partial charge in [-0.2, -0.15) is 0 Å². The Labute approximate surface area is 61.1 Å². The van der Waals surface area contributed by atoms with Gasteiger partial charge in [-0.15, -0.1) is 0 Å². The largest absolute Gasteiger partial charge is 0.366 e. The highest BCUT2D eigenvalue weighted by Gasteiger charge is 1.96. The molecule has 0 aromatic rings. The number of primary amides is 1. The second kappa shape index (κ2) is 4.06. The van der Waals surface area contributed by atoms with E-state index in [1.54, 1.807) is 13.0 Å². The molecule has 0 aliphatic heterocycles. The van der Waals surface area contributed by atoms with Gasteiger partial charge in [0, 0.05) is 11.6 Å². The van der Waals surface area contributed by atoms with E-state index < -0.39 is 0 Å². The molecule has 0 saturated heterocycles. The van der Waals surface area contributed by atoms with E-state index in [4.69, 9.17) is 11.5 Å². The fourth-order valence-corrected chi connectivity index (χ4v) is 0.463. The summed E-state index contributed by atoms with van der Waals surface area (Å²) in [5.41, 5.74) is 11.0. The SMILES string of the molecule is CC(=CCC(C)N)C(N)=O. The standard InChI is InChI=1S/C7H14N2O/c1-5(7(9)10)3-4-6(2)8/h3,6H,4,8H2,1-2H3,(H2,9,10). The van der Waals surface area contributed by atoms with Gasteiger partial charge in [-0.1, -0.05) is 6.08 Å². The highest BCUT2D eigenvalue weighted by Crippen LogP contribution is 1.95. The van der Waals surface area contributed by atoms with Crippen molar-refractivity contribution >= 4 is 5.91 Å². The first-order valence-electron chi connectivity index (χ1n) is 3.26. The Morgan fingerprint density at radius 3 is 2.50 bits per heavy atom. The smallest absolute Gasteiger partial charge is 0.244 e. The summed E-state index contributed by atoms with van der Waals surface area (Å²) in [6, 6.07) is 0.0919. The molecule has 0 saturated carbocycles. The number of carbonyl (C=O) groups excluding carboxylic acids is 1. The Balaban J connectivity index is 3.81. The van der Waals surface area contributed by atoms with E-state index in [0.717, 1.165) is 0 Å². The molecular formula is C7H14N2O. The van der Waals surface area contributed by atoms with Crippen LogP contribution in [-0.4, -0.2) is 11.9 Å². The lowest BCUT2D eigenvalue weighted by Crippen LogP contribution is -2.15. The molecule has 0 aliphatic carbocycles. The molecule has 1 unspecified atom stereocenters. The lowest BCUT2D eigenvalue weighted by atomic mass is 10.2. The maximum absolute atomic E-state index is 10.4. The Kier molecular flexibility index (Phi) is 3.72. The van der Waals surface area contributed by atoms with Crippen LogP contribution in [0.5, 0.6) is 0 Å². The lowest BCUT2D eigenvalue weighted by molar-refractivity contribution is -0.114. The molecule has 10 heavy (non-hydrogen) atoms. The fourth-order valence-electron chi connectivity index (χ4n) is 0.463. The summed E-state index contributed by atoms with van der Waals surface area (Å²) in [7, 11) is 0. The van der Waals surface area contributed by atoms with Crippen LogP contribution in [0, 0.1) is 0 Å². The van der Waals surface area contributed by atoms with Crippen molar-refractivity contribution in [1.82, 2.24) is 0 Å². The zero-order valence-electron chi connectivity index (χ0n) is 6.42. The first-order valence-corrected chi connectivity index (χ1v) is 3.26. The van der Waals surface area contributed by atoms with Crippen LogP contribution in [0.25, 0.3) is 0 Å². The highest BCUT2D eigenvalue weighted by molar-refractivity contribution is 5.91. The predicted octanol–water partition coefficient (Wildman–Crippen LogP) is 0.155. The van der Waals surface area contributed by atoms with Crippen molar-refractivity contribution in [2.24, 2.45) is 11.5 Å². The summed E-state index contributed by atoms with van der Waals surface area (Å²) in [4.78, 5) is 10.4. The van der Waals surface area contributed by atoms with Gasteiger partial charge < -0.3 is 11.5 Å². The Bertz CT molecular complexity index is 150. The third-order valence-electron chi connectivity index (χ3n) is 1.18. The molecule has 0 bridgehead atoms. The minimum atomic E-state index is -0.374. The number of rotatable bonds is 3. The van der Waals surface area contributed by atoms with Gasteiger partial charge in [-0.25, -0.2) is 0 Å². The van der Waals surface area contributed by atoms with E-state index in [1.807, 2.05) is 6.92 Å². The molecule has 1 atom stereocenters. The molecule has 1 amide bonds. The van der Waals surface area contributed by atoms with Gasteiger partial charge in [0.15, 0.2) is 0 Å². The number of amides is 1. The predicted molar refractivity (Wildman–Crippen MR) is 41.2 cm³/mol. The van der Waals surface area contributed by atoms with Crippen molar-refractivity contribution in [2.75, 3.05) is 0 Å². The molecule has 0 radical (unpaired) electrons. The minimum absolute atomic E-state index is 0.0919. The normalized spacial score (nSPS) is 14.9. The molecular weight excluding hydrogens is 128 g/mol. The zero-order valence-corrected chi connectivity index (χ0v) is 6.42. The van der Waals surface area contributed by atoms with Crippen LogP contribution in [0.1, 0.15) is 20.3 Å². The second-order valence-electron chi connectivity index (χ2n) is 2.46. The summed E-state index contributed by atoms with van der Waals surface area (Å²) in [5.74, 6) is -0.374. The van der Waals surface area contributed by atoms with E-state index in [0.29, 0.717) is 12.0 Å². The van der Waals surface area contributed by atoms with Gasteiger partial charge in [0.1, 0.15) is 0 Å². The average molecular weight is 142 g/mol. The van der Waals surface area contributed by atoms with Crippen LogP contribution in [0.3, 0.4) is 0 Å². The van der Waals surface area contributed by atoms with Crippen LogP contribution in [-0.2, 0) is 4.79 Å². The number of nitrogens with two attached hydrogens (primary N) is 2. The Hall–Kier alpha value is -0.830. The zero-order chi connectivity index (χ0) is 8.15. The number of hydrogen-bond donors (Lipinski definition) is 2. The first kappa shape index (κ1) is 9.17. The molecule has 4 N–H and O–H groups in total. The van der Waals surface area contributed by atoms with E-state index in [2.05, 4.69) is 0 Å². The molecule has 0 aromatic carbocycles. The lowest BCUT2D eigenvalue weighted by Gasteiger charge is -1.98. The van der Waals surface area contributed by atoms with E-state index >= 15 is 0 Å². The van der Waals surface area contributed by atoms with E-state index in [1.165, 1.54) is 0 Å². The molecule has 0 rings (SSSR count). The summed E-state index contributed by atoms with van der Waals surface area (Å²) >= 11 is 0. The van der Waals surface area contributed by atoms with Gasteiger partial charge in [0.25, 0.3) is 0 Å². The summed E-state index contributed by atoms with van der Waals surface area (Å²) in [6.45, 7) is 3.56. The summed E-state index contributed by atoms with van der Waals surface area (Å²) in [5, 5.41) is 0. The molecule has 0 heterocycles. The summed E-state index contributed by atoms with van der Waals surface area (Å²) in [6.07, 6.45) is 2.46. The molecule has 0 fully saturated rings.